The lowest BCUT2D eigenvalue weighted by Gasteiger charge is -2.28. The molecule has 2 N–H and O–H groups in total. The molecule has 4 nitrogen and oxygen atoms in total. The predicted molar refractivity (Wildman–Crippen MR) is 87.3 cm³/mol. The van der Waals surface area contributed by atoms with Crippen LogP contribution < -0.4 is 5.32 Å². The quantitative estimate of drug-likeness (QED) is 0.777. The van der Waals surface area contributed by atoms with Gasteiger partial charge < -0.3 is 10.4 Å². The molecule has 1 aliphatic rings. The number of hydrogen-bond donors (Lipinski definition) is 2. The summed E-state index contributed by atoms with van der Waals surface area (Å²) in [6.45, 7) is 0. The molecular weight excluding hydrogens is 402 g/mol. The van der Waals surface area contributed by atoms with Gasteiger partial charge in [-0.1, -0.05) is 51.1 Å². The second-order valence-corrected chi connectivity index (χ2v) is 7.18. The second-order valence-electron chi connectivity index (χ2n) is 5.35. The Bertz CT molecular complexity index is 521. The van der Waals surface area contributed by atoms with Crippen LogP contribution in [0.4, 0.5) is 0 Å². The Morgan fingerprint density at radius 1 is 1.10 bits per heavy atom. The van der Waals surface area contributed by atoms with Crippen LogP contribution >= 0.6 is 31.9 Å². The van der Waals surface area contributed by atoms with E-state index in [-0.39, 0.29) is 11.8 Å². The zero-order valence-electron chi connectivity index (χ0n) is 11.4. The lowest BCUT2D eigenvalue weighted by Crippen LogP contribution is -2.46. The highest BCUT2D eigenvalue weighted by Crippen LogP contribution is 2.27. The van der Waals surface area contributed by atoms with Crippen molar-refractivity contribution in [1.82, 2.24) is 5.32 Å². The number of aliphatic carboxylic acids is 1. The molecule has 1 aliphatic carbocycles. The second kappa shape index (κ2) is 7.40. The number of benzene rings is 1. The molecule has 0 aliphatic heterocycles. The van der Waals surface area contributed by atoms with Gasteiger partial charge in [-0.15, -0.1) is 0 Å². The number of hydrogen-bond acceptors (Lipinski definition) is 2. The number of carboxylic acids is 1. The number of halogens is 2. The van der Waals surface area contributed by atoms with Crippen molar-refractivity contribution in [2.24, 2.45) is 5.92 Å². The number of rotatable bonds is 4. The third-order valence-corrected chi connectivity index (χ3v) is 4.71. The molecule has 2 rings (SSSR count). The summed E-state index contributed by atoms with van der Waals surface area (Å²) in [4.78, 5) is 23.8. The molecule has 114 valence electrons. The molecule has 1 atom stereocenters. The number of nitrogens with one attached hydrogen (secondary N) is 1. The van der Waals surface area contributed by atoms with E-state index in [4.69, 9.17) is 0 Å². The minimum Gasteiger partial charge on any atom is -0.480 e. The fourth-order valence-corrected chi connectivity index (χ4v) is 4.05. The Morgan fingerprint density at radius 3 is 2.19 bits per heavy atom. The highest BCUT2D eigenvalue weighted by atomic mass is 79.9. The first kappa shape index (κ1) is 16.5. The Balaban J connectivity index is 2.12. The molecule has 21 heavy (non-hydrogen) atoms. The summed E-state index contributed by atoms with van der Waals surface area (Å²) in [6.07, 6.45) is 4.94. The van der Waals surface area contributed by atoms with Gasteiger partial charge in [0, 0.05) is 14.5 Å². The SMILES string of the molecule is O=C(N[C@@H](C(=O)O)C1CCCCC1)c1cc(Br)cc(Br)c1. The first-order chi connectivity index (χ1) is 9.97. The summed E-state index contributed by atoms with van der Waals surface area (Å²) in [5.74, 6) is -1.28. The maximum absolute atomic E-state index is 12.3. The summed E-state index contributed by atoms with van der Waals surface area (Å²) < 4.78 is 1.54. The summed E-state index contributed by atoms with van der Waals surface area (Å²) in [5.41, 5.74) is 0.443. The molecule has 1 amide bonds. The van der Waals surface area contributed by atoms with Crippen LogP contribution in [0.1, 0.15) is 42.5 Å². The Kier molecular flexibility index (Phi) is 5.81. The Hall–Kier alpha value is -0.880. The van der Waals surface area contributed by atoms with E-state index in [1.54, 1.807) is 12.1 Å². The monoisotopic (exact) mass is 417 g/mol. The van der Waals surface area contributed by atoms with Gasteiger partial charge in [-0.2, -0.15) is 0 Å². The summed E-state index contributed by atoms with van der Waals surface area (Å²) in [5, 5.41) is 12.1. The lowest BCUT2D eigenvalue weighted by atomic mass is 9.84. The Morgan fingerprint density at radius 2 is 1.67 bits per heavy atom. The number of carboxylic acid groups (broad SMARTS) is 1. The predicted octanol–water partition coefficient (Wildman–Crippen LogP) is 3.97. The largest absolute Gasteiger partial charge is 0.480 e. The summed E-state index contributed by atoms with van der Waals surface area (Å²) in [7, 11) is 0. The van der Waals surface area contributed by atoms with Gasteiger partial charge in [-0.05, 0) is 37.0 Å². The summed E-state index contributed by atoms with van der Waals surface area (Å²) >= 11 is 6.65. The van der Waals surface area contributed by atoms with Gasteiger partial charge >= 0.3 is 5.97 Å². The number of amides is 1. The van der Waals surface area contributed by atoms with Crippen LogP contribution in [0.15, 0.2) is 27.1 Å². The zero-order chi connectivity index (χ0) is 15.4. The molecule has 0 heterocycles. The molecule has 0 aromatic heterocycles. The van der Waals surface area contributed by atoms with E-state index in [0.717, 1.165) is 41.0 Å². The highest BCUT2D eigenvalue weighted by molar-refractivity contribution is 9.11. The van der Waals surface area contributed by atoms with Gasteiger partial charge in [0.1, 0.15) is 6.04 Å². The van der Waals surface area contributed by atoms with Gasteiger partial charge in [-0.25, -0.2) is 4.79 Å². The van der Waals surface area contributed by atoms with E-state index >= 15 is 0 Å². The van der Waals surface area contributed by atoms with E-state index in [1.807, 2.05) is 6.07 Å². The van der Waals surface area contributed by atoms with Crippen molar-refractivity contribution in [2.75, 3.05) is 0 Å². The molecule has 6 heteroatoms. The van der Waals surface area contributed by atoms with Crippen LogP contribution in [0, 0.1) is 5.92 Å². The molecule has 1 aromatic carbocycles. The van der Waals surface area contributed by atoms with Gasteiger partial charge in [0.2, 0.25) is 0 Å². The van der Waals surface area contributed by atoms with Crippen LogP contribution in [0.2, 0.25) is 0 Å². The smallest absolute Gasteiger partial charge is 0.326 e. The fourth-order valence-electron chi connectivity index (χ4n) is 2.76. The number of carbonyl (C=O) groups excluding carboxylic acids is 1. The maximum Gasteiger partial charge on any atom is 0.326 e. The van der Waals surface area contributed by atoms with Crippen molar-refractivity contribution in [3.63, 3.8) is 0 Å². The first-order valence-corrected chi connectivity index (χ1v) is 8.56. The minimum atomic E-state index is -0.954. The van der Waals surface area contributed by atoms with E-state index in [1.165, 1.54) is 0 Å². The molecule has 1 fully saturated rings. The third-order valence-electron chi connectivity index (χ3n) is 3.80. The average Bonchev–Trinajstić information content (AvgIpc) is 2.44. The molecule has 1 saturated carbocycles. The van der Waals surface area contributed by atoms with E-state index < -0.39 is 12.0 Å². The highest BCUT2D eigenvalue weighted by Gasteiger charge is 2.31. The first-order valence-electron chi connectivity index (χ1n) is 6.97. The van der Waals surface area contributed by atoms with E-state index in [0.29, 0.717) is 5.56 Å². The minimum absolute atomic E-state index is 0.0239. The molecule has 0 spiro atoms. The van der Waals surface area contributed by atoms with Crippen LogP contribution in [0.3, 0.4) is 0 Å². The molecule has 0 saturated heterocycles. The molecular formula is C15H17Br2NO3. The molecule has 0 radical (unpaired) electrons. The Labute approximate surface area is 140 Å². The van der Waals surface area contributed by atoms with Gasteiger partial charge in [0.05, 0.1) is 0 Å². The lowest BCUT2D eigenvalue weighted by molar-refractivity contribution is -0.141. The van der Waals surface area contributed by atoms with E-state index in [9.17, 15) is 14.7 Å². The van der Waals surface area contributed by atoms with Crippen LogP contribution in [-0.2, 0) is 4.79 Å². The van der Waals surface area contributed by atoms with Crippen molar-refractivity contribution in [3.8, 4) is 0 Å². The van der Waals surface area contributed by atoms with Crippen molar-refractivity contribution in [2.45, 2.75) is 38.1 Å². The van der Waals surface area contributed by atoms with Crippen molar-refractivity contribution >= 4 is 43.7 Å². The van der Waals surface area contributed by atoms with Gasteiger partial charge in [0.15, 0.2) is 0 Å². The van der Waals surface area contributed by atoms with E-state index in [2.05, 4.69) is 37.2 Å². The maximum atomic E-state index is 12.3. The summed E-state index contributed by atoms with van der Waals surface area (Å²) in [6, 6.07) is 4.38. The fraction of sp³-hybridized carbons (Fsp3) is 0.467. The van der Waals surface area contributed by atoms with Crippen LogP contribution in [0.5, 0.6) is 0 Å². The normalized spacial score (nSPS) is 17.2. The average molecular weight is 419 g/mol. The number of carbonyl (C=O) groups is 2. The van der Waals surface area contributed by atoms with Crippen molar-refractivity contribution in [3.05, 3.63) is 32.7 Å². The topological polar surface area (TPSA) is 66.4 Å². The van der Waals surface area contributed by atoms with Gasteiger partial charge in [0.25, 0.3) is 5.91 Å². The van der Waals surface area contributed by atoms with Crippen LogP contribution in [-0.4, -0.2) is 23.0 Å². The van der Waals surface area contributed by atoms with Crippen LogP contribution in [0.25, 0.3) is 0 Å². The zero-order valence-corrected chi connectivity index (χ0v) is 14.6. The van der Waals surface area contributed by atoms with Crippen molar-refractivity contribution in [1.29, 1.82) is 0 Å². The standard InChI is InChI=1S/C15H17Br2NO3/c16-11-6-10(7-12(17)8-11)14(19)18-13(15(20)21)9-4-2-1-3-5-9/h6-9,13H,1-5H2,(H,18,19)(H,20,21)/t13-/m1/s1. The molecule has 0 bridgehead atoms. The molecule has 1 aromatic rings. The van der Waals surface area contributed by atoms with Crippen molar-refractivity contribution < 1.29 is 14.7 Å². The van der Waals surface area contributed by atoms with Gasteiger partial charge in [-0.3, -0.25) is 4.79 Å². The third kappa shape index (κ3) is 4.54. The molecule has 0 unspecified atom stereocenters.